The van der Waals surface area contributed by atoms with Gasteiger partial charge in [-0.2, -0.15) is 0 Å². The molecule has 9 nitrogen and oxygen atoms in total. The number of hydrogen-bond acceptors (Lipinski definition) is 9. The minimum atomic E-state index is -1.53. The van der Waals surface area contributed by atoms with Crippen molar-refractivity contribution in [1.29, 1.82) is 0 Å². The molecular formula is C61H116O9. The molecule has 9 heteroatoms. The van der Waals surface area contributed by atoms with Gasteiger partial charge >= 0.3 is 5.97 Å². The Labute approximate surface area is 432 Å². The summed E-state index contributed by atoms with van der Waals surface area (Å²) < 4.78 is 23.0. The Kier molecular flexibility index (Phi) is 50.0. The summed E-state index contributed by atoms with van der Waals surface area (Å²) in [6.45, 7) is 4.62. The van der Waals surface area contributed by atoms with E-state index in [2.05, 4.69) is 38.2 Å². The highest BCUT2D eigenvalue weighted by Gasteiger charge is 2.44. The second-order valence-corrected chi connectivity index (χ2v) is 21.2. The van der Waals surface area contributed by atoms with Gasteiger partial charge in [-0.3, -0.25) is 4.79 Å². The first-order valence-corrected chi connectivity index (χ1v) is 30.4. The first-order chi connectivity index (χ1) is 34.4. The molecule has 0 aromatic rings. The van der Waals surface area contributed by atoms with Crippen LogP contribution in [-0.2, 0) is 23.7 Å². The van der Waals surface area contributed by atoms with Crippen molar-refractivity contribution in [3.63, 3.8) is 0 Å². The summed E-state index contributed by atoms with van der Waals surface area (Å²) in [7, 11) is 0. The predicted molar refractivity (Wildman–Crippen MR) is 293 cm³/mol. The fourth-order valence-corrected chi connectivity index (χ4v) is 9.64. The number of aliphatic hydroxyl groups is 4. The number of ether oxygens (including phenoxy) is 4. The molecule has 1 saturated heterocycles. The van der Waals surface area contributed by atoms with Gasteiger partial charge in [0.15, 0.2) is 6.29 Å². The average Bonchev–Trinajstić information content (AvgIpc) is 3.36. The Hall–Kier alpha value is -1.33. The predicted octanol–water partition coefficient (Wildman–Crippen LogP) is 16.0. The molecule has 6 unspecified atom stereocenters. The first-order valence-electron chi connectivity index (χ1n) is 30.4. The maximum Gasteiger partial charge on any atom is 0.306 e. The average molecular weight is 994 g/mol. The molecule has 1 aliphatic rings. The Morgan fingerprint density at radius 2 is 0.829 bits per heavy atom. The Balaban J connectivity index is 2.11. The largest absolute Gasteiger partial charge is 0.457 e. The van der Waals surface area contributed by atoms with Gasteiger partial charge in [-0.25, -0.2) is 0 Å². The minimum Gasteiger partial charge on any atom is -0.457 e. The smallest absolute Gasteiger partial charge is 0.306 e. The zero-order valence-electron chi connectivity index (χ0n) is 46.0. The molecule has 0 radical (unpaired) electrons. The van der Waals surface area contributed by atoms with E-state index in [-0.39, 0.29) is 19.2 Å². The van der Waals surface area contributed by atoms with Gasteiger partial charge in [-0.1, -0.05) is 269 Å². The summed E-state index contributed by atoms with van der Waals surface area (Å²) in [5.74, 6) is -0.305. The molecular weight excluding hydrogens is 877 g/mol. The standard InChI is InChI=1S/C61H116O9/c1-3-5-7-9-11-13-15-17-19-21-23-25-26-27-28-29-31-33-35-37-39-41-43-45-47-49-51-67-53-55(54-68-61-60(66)59(65)58(64)56(52-62)70-61)69-57(63)50-48-46-44-42-40-38-36-34-32-30-24-22-20-18-16-14-12-10-8-6-4-2/h15,17,21,23,55-56,58-62,64-66H,3-14,16,18-20,22,24-54H2,1-2H3/b17-15-,23-21-. The molecule has 0 spiro atoms. The molecule has 414 valence electrons. The lowest BCUT2D eigenvalue weighted by atomic mass is 9.99. The second-order valence-electron chi connectivity index (χ2n) is 21.2. The highest BCUT2D eigenvalue weighted by atomic mass is 16.7. The van der Waals surface area contributed by atoms with Gasteiger partial charge in [0, 0.05) is 13.0 Å². The SMILES string of the molecule is CCCCCCC/C=C\C/C=C\CCCCCCCCCCCCCCCCOCC(COC1OC(CO)C(O)C(O)C1O)OC(=O)CCCCCCCCCCCCCCCCCCCCCCC. The molecule has 1 fully saturated rings. The van der Waals surface area contributed by atoms with Crippen molar-refractivity contribution in [2.75, 3.05) is 26.4 Å². The van der Waals surface area contributed by atoms with E-state index in [1.54, 1.807) is 0 Å². The zero-order chi connectivity index (χ0) is 50.6. The van der Waals surface area contributed by atoms with Crippen molar-refractivity contribution < 1.29 is 44.2 Å². The van der Waals surface area contributed by atoms with E-state index in [0.717, 1.165) is 38.5 Å². The third-order valence-corrected chi connectivity index (χ3v) is 14.4. The summed E-state index contributed by atoms with van der Waals surface area (Å²) in [5, 5.41) is 40.4. The fraction of sp³-hybridized carbons (Fsp3) is 0.918. The van der Waals surface area contributed by atoms with Gasteiger partial charge in [0.1, 0.15) is 30.5 Å². The maximum absolute atomic E-state index is 12.9. The van der Waals surface area contributed by atoms with Crippen molar-refractivity contribution in [3.05, 3.63) is 24.3 Å². The highest BCUT2D eigenvalue weighted by Crippen LogP contribution is 2.23. The van der Waals surface area contributed by atoms with E-state index < -0.39 is 43.4 Å². The van der Waals surface area contributed by atoms with Gasteiger partial charge in [0.25, 0.3) is 0 Å². The molecule has 0 amide bonds. The number of allylic oxidation sites excluding steroid dienone is 4. The van der Waals surface area contributed by atoms with Crippen LogP contribution >= 0.6 is 0 Å². The van der Waals surface area contributed by atoms with E-state index in [0.29, 0.717) is 13.0 Å². The van der Waals surface area contributed by atoms with E-state index >= 15 is 0 Å². The van der Waals surface area contributed by atoms with E-state index in [1.807, 2.05) is 0 Å². The third-order valence-electron chi connectivity index (χ3n) is 14.4. The number of unbranched alkanes of at least 4 members (excludes halogenated alkanes) is 39. The summed E-state index contributed by atoms with van der Waals surface area (Å²) in [6.07, 6.45) is 58.1. The quantitative estimate of drug-likeness (QED) is 0.0267. The molecule has 1 heterocycles. The lowest BCUT2D eigenvalue weighted by molar-refractivity contribution is -0.305. The number of carbonyl (C=O) groups is 1. The zero-order valence-corrected chi connectivity index (χ0v) is 46.0. The monoisotopic (exact) mass is 993 g/mol. The Morgan fingerprint density at radius 1 is 0.457 bits per heavy atom. The number of hydrogen-bond donors (Lipinski definition) is 4. The van der Waals surface area contributed by atoms with E-state index in [4.69, 9.17) is 18.9 Å². The molecule has 0 bridgehead atoms. The van der Waals surface area contributed by atoms with Crippen LogP contribution in [0.5, 0.6) is 0 Å². The molecule has 0 saturated carbocycles. The van der Waals surface area contributed by atoms with Crippen molar-refractivity contribution in [1.82, 2.24) is 0 Å². The van der Waals surface area contributed by atoms with Crippen LogP contribution in [0.1, 0.15) is 296 Å². The van der Waals surface area contributed by atoms with E-state index in [9.17, 15) is 25.2 Å². The number of aliphatic hydroxyl groups excluding tert-OH is 4. The summed E-state index contributed by atoms with van der Waals surface area (Å²) in [4.78, 5) is 12.9. The van der Waals surface area contributed by atoms with Crippen LogP contribution in [0.15, 0.2) is 24.3 Å². The van der Waals surface area contributed by atoms with E-state index in [1.165, 1.54) is 238 Å². The molecule has 6 atom stereocenters. The molecule has 0 aliphatic carbocycles. The van der Waals surface area contributed by atoms with Gasteiger partial charge in [-0.15, -0.1) is 0 Å². The normalized spacial score (nSPS) is 19.0. The lowest BCUT2D eigenvalue weighted by Gasteiger charge is -2.39. The van der Waals surface area contributed by atoms with Crippen LogP contribution in [0.25, 0.3) is 0 Å². The van der Waals surface area contributed by atoms with Crippen LogP contribution in [0.3, 0.4) is 0 Å². The molecule has 70 heavy (non-hydrogen) atoms. The molecule has 1 aliphatic heterocycles. The number of rotatable bonds is 54. The van der Waals surface area contributed by atoms with Gasteiger partial charge in [-0.05, 0) is 44.9 Å². The number of carbonyl (C=O) groups excluding carboxylic acids is 1. The van der Waals surface area contributed by atoms with Crippen LogP contribution < -0.4 is 0 Å². The second kappa shape index (κ2) is 52.5. The van der Waals surface area contributed by atoms with Gasteiger partial charge in [0.05, 0.1) is 19.8 Å². The van der Waals surface area contributed by atoms with Crippen LogP contribution in [0, 0.1) is 0 Å². The van der Waals surface area contributed by atoms with Gasteiger partial charge in [0.2, 0.25) is 0 Å². The maximum atomic E-state index is 12.9. The third kappa shape index (κ3) is 42.1. The molecule has 4 N–H and O–H groups in total. The Morgan fingerprint density at radius 3 is 1.23 bits per heavy atom. The minimum absolute atomic E-state index is 0.108. The van der Waals surface area contributed by atoms with Crippen molar-refractivity contribution >= 4 is 5.97 Å². The van der Waals surface area contributed by atoms with Crippen LogP contribution in [0.2, 0.25) is 0 Å². The van der Waals surface area contributed by atoms with Crippen molar-refractivity contribution in [3.8, 4) is 0 Å². The Bertz CT molecular complexity index is 1130. The summed E-state index contributed by atoms with van der Waals surface area (Å²) >= 11 is 0. The lowest BCUT2D eigenvalue weighted by Crippen LogP contribution is -2.59. The van der Waals surface area contributed by atoms with Crippen molar-refractivity contribution in [2.45, 2.75) is 333 Å². The summed E-state index contributed by atoms with van der Waals surface area (Å²) in [5.41, 5.74) is 0. The van der Waals surface area contributed by atoms with Gasteiger partial charge < -0.3 is 39.4 Å². The first kappa shape index (κ1) is 66.7. The summed E-state index contributed by atoms with van der Waals surface area (Å²) in [6, 6.07) is 0. The van der Waals surface area contributed by atoms with Crippen LogP contribution in [0.4, 0.5) is 0 Å². The van der Waals surface area contributed by atoms with Crippen LogP contribution in [-0.4, -0.2) is 89.6 Å². The molecule has 1 rings (SSSR count). The topological polar surface area (TPSA) is 135 Å². The fourth-order valence-electron chi connectivity index (χ4n) is 9.64. The molecule has 0 aromatic heterocycles. The van der Waals surface area contributed by atoms with Crippen molar-refractivity contribution in [2.24, 2.45) is 0 Å². The highest BCUT2D eigenvalue weighted by molar-refractivity contribution is 5.69. The number of esters is 1. The molecule has 0 aromatic carbocycles.